The number of benzene rings is 2. The number of nitrogens with one attached hydrogen (secondary N) is 1. The molecule has 0 aromatic heterocycles. The maximum Gasteiger partial charge on any atom is 0.243 e. The highest BCUT2D eigenvalue weighted by molar-refractivity contribution is 7.89. The van der Waals surface area contributed by atoms with E-state index in [0.717, 1.165) is 5.56 Å². The monoisotopic (exact) mass is 567 g/mol. The van der Waals surface area contributed by atoms with Crippen LogP contribution in [-0.4, -0.2) is 85.0 Å². The average molecular weight is 568 g/mol. The van der Waals surface area contributed by atoms with Crippen LogP contribution in [-0.2, 0) is 36.1 Å². The van der Waals surface area contributed by atoms with E-state index in [0.29, 0.717) is 57.2 Å². The molecular formula is C25H33N3O8S2. The number of ether oxygens (including phenoxy) is 3. The number of hydrogen-bond donors (Lipinski definition) is 1. The second-order valence-electron chi connectivity index (χ2n) is 9.10. The minimum absolute atomic E-state index is 0.0687. The number of hydrogen-bond acceptors (Lipinski definition) is 8. The molecule has 2 fully saturated rings. The van der Waals surface area contributed by atoms with E-state index >= 15 is 0 Å². The van der Waals surface area contributed by atoms with Crippen LogP contribution in [0.15, 0.2) is 52.3 Å². The molecule has 2 heterocycles. The molecule has 11 nitrogen and oxygen atoms in total. The van der Waals surface area contributed by atoms with Gasteiger partial charge in [-0.1, -0.05) is 12.1 Å². The number of rotatable bonds is 9. The molecule has 38 heavy (non-hydrogen) atoms. The van der Waals surface area contributed by atoms with Gasteiger partial charge in [-0.05, 0) is 42.7 Å². The number of sulfonamides is 2. The second-order valence-corrected chi connectivity index (χ2v) is 13.0. The van der Waals surface area contributed by atoms with Crippen LogP contribution in [0.3, 0.4) is 0 Å². The molecule has 0 unspecified atom stereocenters. The Balaban J connectivity index is 1.36. The molecule has 0 aliphatic carbocycles. The maximum atomic E-state index is 13.3. The summed E-state index contributed by atoms with van der Waals surface area (Å²) in [5.74, 6) is -0.0143. The molecule has 2 aromatic carbocycles. The van der Waals surface area contributed by atoms with Gasteiger partial charge in [0.05, 0.1) is 43.1 Å². The molecular weight excluding hydrogens is 534 g/mol. The summed E-state index contributed by atoms with van der Waals surface area (Å²) in [6.45, 7) is 1.98. The minimum Gasteiger partial charge on any atom is -0.493 e. The van der Waals surface area contributed by atoms with Crippen LogP contribution < -0.4 is 14.8 Å². The molecule has 2 aliphatic heterocycles. The summed E-state index contributed by atoms with van der Waals surface area (Å²) in [5.41, 5.74) is 0.741. The lowest BCUT2D eigenvalue weighted by atomic mass is 9.99. The van der Waals surface area contributed by atoms with Crippen molar-refractivity contribution in [2.75, 3.05) is 53.6 Å². The Hall–Kier alpha value is -2.71. The number of nitrogens with zero attached hydrogens (tertiary/aromatic N) is 2. The third-order valence-corrected chi connectivity index (χ3v) is 10.5. The Kier molecular flexibility index (Phi) is 8.93. The van der Waals surface area contributed by atoms with E-state index in [9.17, 15) is 21.6 Å². The van der Waals surface area contributed by atoms with Crippen LogP contribution in [0.2, 0.25) is 0 Å². The molecule has 1 atom stereocenters. The number of piperidine rings is 1. The van der Waals surface area contributed by atoms with Gasteiger partial charge < -0.3 is 19.5 Å². The Morgan fingerprint density at radius 2 is 1.53 bits per heavy atom. The van der Waals surface area contributed by atoms with Crippen LogP contribution in [0.1, 0.15) is 18.4 Å². The Bertz CT molecular complexity index is 1340. The van der Waals surface area contributed by atoms with Crippen molar-refractivity contribution < 1.29 is 35.8 Å². The largest absolute Gasteiger partial charge is 0.493 e. The average Bonchev–Trinajstić information content (AvgIpc) is 2.96. The molecule has 1 N–H and O–H groups in total. The van der Waals surface area contributed by atoms with Gasteiger partial charge >= 0.3 is 0 Å². The van der Waals surface area contributed by atoms with Gasteiger partial charge in [0.25, 0.3) is 0 Å². The topological polar surface area (TPSA) is 132 Å². The van der Waals surface area contributed by atoms with Gasteiger partial charge in [-0.3, -0.25) is 4.79 Å². The van der Waals surface area contributed by atoms with Crippen LogP contribution in [0.25, 0.3) is 0 Å². The normalized spacial score (nSPS) is 19.6. The Labute approximate surface area is 223 Å². The summed E-state index contributed by atoms with van der Waals surface area (Å²) in [5, 5.41) is 2.86. The molecule has 0 bridgehead atoms. The first-order valence-electron chi connectivity index (χ1n) is 12.3. The number of amides is 1. The molecule has 4 rings (SSSR count). The fourth-order valence-electron chi connectivity index (χ4n) is 4.55. The zero-order valence-electron chi connectivity index (χ0n) is 21.5. The van der Waals surface area contributed by atoms with Crippen molar-refractivity contribution in [3.63, 3.8) is 0 Å². The van der Waals surface area contributed by atoms with Crippen molar-refractivity contribution in [3.05, 3.63) is 48.0 Å². The molecule has 0 spiro atoms. The first kappa shape index (κ1) is 28.3. The number of morpholine rings is 1. The maximum absolute atomic E-state index is 13.3. The van der Waals surface area contributed by atoms with E-state index in [1.54, 1.807) is 12.1 Å². The quantitative estimate of drug-likeness (QED) is 0.482. The van der Waals surface area contributed by atoms with Crippen molar-refractivity contribution in [2.45, 2.75) is 29.2 Å². The first-order chi connectivity index (χ1) is 18.2. The van der Waals surface area contributed by atoms with Crippen LogP contribution in [0, 0.1) is 5.92 Å². The van der Waals surface area contributed by atoms with E-state index in [2.05, 4.69) is 5.32 Å². The highest BCUT2D eigenvalue weighted by atomic mass is 32.2. The van der Waals surface area contributed by atoms with Gasteiger partial charge in [0.1, 0.15) is 0 Å². The standard InChI is InChI=1S/C25H33N3O8S2/c1-34-23-10-9-22(16-24(23)35-2)38(32,33)28-11-3-4-20(18-28)25(29)26-17-19-5-7-21(8-6-19)37(30,31)27-12-14-36-15-13-27/h5-10,16,20H,3-4,11-15,17-18H2,1-2H3,(H,26,29)/t20-/m0/s1. The van der Waals surface area contributed by atoms with Gasteiger partial charge in [-0.2, -0.15) is 8.61 Å². The van der Waals surface area contributed by atoms with E-state index in [-0.39, 0.29) is 28.8 Å². The van der Waals surface area contributed by atoms with Crippen molar-refractivity contribution in [1.29, 1.82) is 0 Å². The Morgan fingerprint density at radius 3 is 2.18 bits per heavy atom. The van der Waals surface area contributed by atoms with Crippen molar-refractivity contribution in [1.82, 2.24) is 13.9 Å². The summed E-state index contributed by atoms with van der Waals surface area (Å²) in [6.07, 6.45) is 1.12. The fraction of sp³-hybridized carbons (Fsp3) is 0.480. The van der Waals surface area contributed by atoms with E-state index < -0.39 is 26.0 Å². The first-order valence-corrected chi connectivity index (χ1v) is 15.2. The predicted molar refractivity (Wildman–Crippen MR) is 139 cm³/mol. The molecule has 2 aliphatic rings. The second kappa shape index (κ2) is 12.0. The Morgan fingerprint density at radius 1 is 0.895 bits per heavy atom. The van der Waals surface area contributed by atoms with Crippen molar-refractivity contribution >= 4 is 26.0 Å². The highest BCUT2D eigenvalue weighted by Crippen LogP contribution is 2.32. The van der Waals surface area contributed by atoms with E-state index in [1.807, 2.05) is 0 Å². The fourth-order valence-corrected chi connectivity index (χ4v) is 7.50. The number of carbonyl (C=O) groups is 1. The molecule has 1 amide bonds. The SMILES string of the molecule is COc1ccc(S(=O)(=O)N2CCC[C@H](C(=O)NCc3ccc(S(=O)(=O)N4CCOCC4)cc3)C2)cc1OC. The van der Waals surface area contributed by atoms with Crippen molar-refractivity contribution in [2.24, 2.45) is 5.92 Å². The lowest BCUT2D eigenvalue weighted by Crippen LogP contribution is -2.45. The summed E-state index contributed by atoms with van der Waals surface area (Å²) < 4.78 is 70.5. The van der Waals surface area contributed by atoms with Gasteiger partial charge in [-0.25, -0.2) is 16.8 Å². The van der Waals surface area contributed by atoms with Crippen LogP contribution in [0.4, 0.5) is 0 Å². The van der Waals surface area contributed by atoms with Crippen LogP contribution in [0.5, 0.6) is 11.5 Å². The lowest BCUT2D eigenvalue weighted by molar-refractivity contribution is -0.126. The molecule has 2 saturated heterocycles. The third kappa shape index (κ3) is 6.12. The minimum atomic E-state index is -3.83. The van der Waals surface area contributed by atoms with Crippen LogP contribution >= 0.6 is 0 Å². The predicted octanol–water partition coefficient (Wildman–Crippen LogP) is 1.44. The molecule has 208 valence electrons. The van der Waals surface area contributed by atoms with E-state index in [4.69, 9.17) is 14.2 Å². The van der Waals surface area contributed by atoms with Gasteiger partial charge in [0, 0.05) is 38.8 Å². The summed E-state index contributed by atoms with van der Waals surface area (Å²) in [6, 6.07) is 10.8. The summed E-state index contributed by atoms with van der Waals surface area (Å²) in [4.78, 5) is 13.2. The molecule has 2 aromatic rings. The smallest absolute Gasteiger partial charge is 0.243 e. The van der Waals surface area contributed by atoms with Gasteiger partial charge in [-0.15, -0.1) is 0 Å². The molecule has 0 radical (unpaired) electrons. The number of carbonyl (C=O) groups excluding carboxylic acids is 1. The van der Waals surface area contributed by atoms with Gasteiger partial charge in [0.2, 0.25) is 26.0 Å². The number of methoxy groups -OCH3 is 2. The molecule has 0 saturated carbocycles. The summed E-state index contributed by atoms with van der Waals surface area (Å²) in [7, 11) is -4.51. The van der Waals surface area contributed by atoms with Crippen molar-refractivity contribution in [3.8, 4) is 11.5 Å². The lowest BCUT2D eigenvalue weighted by Gasteiger charge is -2.31. The zero-order chi connectivity index (χ0) is 27.3. The zero-order valence-corrected chi connectivity index (χ0v) is 23.1. The third-order valence-electron chi connectivity index (χ3n) is 6.75. The summed E-state index contributed by atoms with van der Waals surface area (Å²) >= 11 is 0. The molecule has 13 heteroatoms. The highest BCUT2D eigenvalue weighted by Gasteiger charge is 2.34. The van der Waals surface area contributed by atoms with E-state index in [1.165, 1.54) is 53.2 Å². The van der Waals surface area contributed by atoms with Gasteiger partial charge in [0.15, 0.2) is 11.5 Å².